The Morgan fingerprint density at radius 1 is 1.21 bits per heavy atom. The summed E-state index contributed by atoms with van der Waals surface area (Å²) in [7, 11) is 1.50. The number of para-hydroxylation sites is 2. The zero-order chi connectivity index (χ0) is 20.3. The van der Waals surface area contributed by atoms with E-state index in [1.807, 2.05) is 37.3 Å². The molecule has 0 fully saturated rings. The topological polar surface area (TPSA) is 79.3 Å². The number of rotatable bonds is 5. The van der Waals surface area contributed by atoms with Crippen LogP contribution in [0.4, 0.5) is 5.69 Å². The van der Waals surface area contributed by atoms with Gasteiger partial charge in [0.2, 0.25) is 6.10 Å². The lowest BCUT2D eigenvalue weighted by Crippen LogP contribution is -2.46. The molecule has 2 aromatic rings. The summed E-state index contributed by atoms with van der Waals surface area (Å²) in [6.07, 6.45) is -1.92. The monoisotopic (exact) mass is 384 g/mol. The van der Waals surface area contributed by atoms with Crippen LogP contribution in [0.3, 0.4) is 0 Å². The minimum atomic E-state index is -1.14. The number of esters is 1. The summed E-state index contributed by atoms with van der Waals surface area (Å²) >= 11 is 0. The summed E-state index contributed by atoms with van der Waals surface area (Å²) in [6, 6.07) is 14.7. The van der Waals surface area contributed by atoms with Crippen molar-refractivity contribution in [3.05, 3.63) is 59.7 Å². The number of hydrogen-bond acceptors (Lipinski definition) is 6. The highest BCUT2D eigenvalue weighted by molar-refractivity contribution is 6.00. The van der Waals surface area contributed by atoms with Crippen molar-refractivity contribution in [2.24, 2.45) is 0 Å². The minimum Gasteiger partial charge on any atom is -0.479 e. The molecule has 148 valence electrons. The number of ether oxygens (including phenoxy) is 2. The molecule has 2 aromatic carbocycles. The van der Waals surface area contributed by atoms with E-state index in [1.54, 1.807) is 18.2 Å². The van der Waals surface area contributed by atoms with Crippen LogP contribution in [0.2, 0.25) is 0 Å². The molecule has 2 atom stereocenters. The third-order valence-corrected chi connectivity index (χ3v) is 4.54. The van der Waals surface area contributed by atoms with Crippen LogP contribution in [0.5, 0.6) is 5.75 Å². The van der Waals surface area contributed by atoms with E-state index >= 15 is 0 Å². The Hall–Kier alpha value is -2.90. The van der Waals surface area contributed by atoms with Gasteiger partial charge in [-0.05, 0) is 24.6 Å². The molecule has 0 aliphatic carbocycles. The van der Waals surface area contributed by atoms with E-state index in [1.165, 1.54) is 18.9 Å². The van der Waals surface area contributed by atoms with Gasteiger partial charge in [0.25, 0.3) is 5.91 Å². The van der Waals surface area contributed by atoms with Crippen molar-refractivity contribution in [1.29, 1.82) is 0 Å². The quantitative estimate of drug-likeness (QED) is 0.631. The largest absolute Gasteiger partial charge is 0.479 e. The fourth-order valence-corrected chi connectivity index (χ4v) is 3.15. The van der Waals surface area contributed by atoms with Crippen LogP contribution >= 0.6 is 0 Å². The number of benzene rings is 2. The third kappa shape index (κ3) is 4.32. The van der Waals surface area contributed by atoms with Gasteiger partial charge >= 0.3 is 5.97 Å². The standard InChI is InChI=1S/C21H24N2O5/c1-14-8-10-16(11-9-14)19-20(27-15(2)24)21(25)23(13-12-22(3)26)17-6-4-5-7-18(17)28-19/h4-11,19-20,26H,12-13H2,1-3H3. The summed E-state index contributed by atoms with van der Waals surface area (Å²) in [6.45, 7) is 3.67. The highest BCUT2D eigenvalue weighted by Crippen LogP contribution is 2.38. The number of carbonyl (C=O) groups excluding carboxylic acids is 2. The number of amides is 1. The maximum Gasteiger partial charge on any atom is 0.303 e. The molecule has 1 N–H and O–H groups in total. The van der Waals surface area contributed by atoms with Gasteiger partial charge in [0.1, 0.15) is 5.75 Å². The Bertz CT molecular complexity index is 850. The zero-order valence-electron chi connectivity index (χ0n) is 16.2. The number of likely N-dealkylation sites (N-methyl/N-ethyl adjacent to an activating group) is 1. The third-order valence-electron chi connectivity index (χ3n) is 4.54. The van der Waals surface area contributed by atoms with Crippen molar-refractivity contribution in [2.45, 2.75) is 26.1 Å². The molecule has 7 heteroatoms. The van der Waals surface area contributed by atoms with Gasteiger partial charge in [-0.3, -0.25) is 9.59 Å². The molecule has 0 bridgehead atoms. The Morgan fingerprint density at radius 3 is 2.54 bits per heavy atom. The predicted octanol–water partition coefficient (Wildman–Crippen LogP) is 2.71. The number of aryl methyl sites for hydroxylation is 1. The van der Waals surface area contributed by atoms with Crippen LogP contribution in [0, 0.1) is 6.92 Å². The van der Waals surface area contributed by atoms with Crippen LogP contribution in [0.25, 0.3) is 0 Å². The van der Waals surface area contributed by atoms with Crippen LogP contribution < -0.4 is 9.64 Å². The van der Waals surface area contributed by atoms with Gasteiger partial charge in [-0.1, -0.05) is 42.0 Å². The first-order chi connectivity index (χ1) is 13.4. The van der Waals surface area contributed by atoms with Crippen LogP contribution in [0.1, 0.15) is 24.2 Å². The van der Waals surface area contributed by atoms with Crippen molar-refractivity contribution in [3.63, 3.8) is 0 Å². The molecular weight excluding hydrogens is 360 g/mol. The van der Waals surface area contributed by atoms with Gasteiger partial charge in [0.15, 0.2) is 6.10 Å². The molecule has 1 aliphatic rings. The molecule has 0 saturated carbocycles. The van der Waals surface area contributed by atoms with Gasteiger partial charge in [-0.25, -0.2) is 0 Å². The second kappa shape index (κ2) is 8.41. The molecule has 7 nitrogen and oxygen atoms in total. The number of carbonyl (C=O) groups is 2. The fourth-order valence-electron chi connectivity index (χ4n) is 3.15. The average molecular weight is 384 g/mol. The molecule has 0 saturated heterocycles. The number of anilines is 1. The SMILES string of the molecule is CC(=O)OC1C(=O)N(CCN(C)O)c2ccccc2OC1c1ccc(C)cc1. The number of hydroxylamine groups is 2. The number of nitrogens with zero attached hydrogens (tertiary/aromatic N) is 2. The molecule has 1 amide bonds. The first-order valence-electron chi connectivity index (χ1n) is 9.07. The zero-order valence-corrected chi connectivity index (χ0v) is 16.2. The van der Waals surface area contributed by atoms with Crippen molar-refractivity contribution in [3.8, 4) is 5.75 Å². The second-order valence-corrected chi connectivity index (χ2v) is 6.82. The van der Waals surface area contributed by atoms with E-state index in [4.69, 9.17) is 9.47 Å². The Labute approximate surface area is 164 Å². The summed E-state index contributed by atoms with van der Waals surface area (Å²) in [5.41, 5.74) is 2.38. The molecule has 1 aliphatic heterocycles. The Kier molecular flexibility index (Phi) is 5.96. The minimum absolute atomic E-state index is 0.213. The normalized spacial score (nSPS) is 19.0. The molecule has 1 heterocycles. The Balaban J connectivity index is 2.07. The smallest absolute Gasteiger partial charge is 0.303 e. The van der Waals surface area contributed by atoms with Gasteiger partial charge in [-0.15, -0.1) is 0 Å². The molecule has 3 rings (SSSR count). The van der Waals surface area contributed by atoms with E-state index in [0.29, 0.717) is 11.4 Å². The van der Waals surface area contributed by atoms with Gasteiger partial charge in [0.05, 0.1) is 5.69 Å². The maximum absolute atomic E-state index is 13.4. The van der Waals surface area contributed by atoms with E-state index in [0.717, 1.165) is 16.2 Å². The van der Waals surface area contributed by atoms with Gasteiger partial charge in [-0.2, -0.15) is 5.06 Å². The van der Waals surface area contributed by atoms with Crippen molar-refractivity contribution in [2.75, 3.05) is 25.0 Å². The lowest BCUT2D eigenvalue weighted by Gasteiger charge is -2.27. The lowest BCUT2D eigenvalue weighted by molar-refractivity contribution is -0.158. The van der Waals surface area contributed by atoms with Crippen LogP contribution in [-0.2, 0) is 14.3 Å². The van der Waals surface area contributed by atoms with Gasteiger partial charge < -0.3 is 19.6 Å². The predicted molar refractivity (Wildman–Crippen MR) is 103 cm³/mol. The highest BCUT2D eigenvalue weighted by atomic mass is 16.6. The van der Waals surface area contributed by atoms with E-state index in [2.05, 4.69) is 0 Å². The highest BCUT2D eigenvalue weighted by Gasteiger charge is 2.41. The van der Waals surface area contributed by atoms with Crippen LogP contribution in [0.15, 0.2) is 48.5 Å². The van der Waals surface area contributed by atoms with E-state index < -0.39 is 24.1 Å². The molecule has 2 unspecified atom stereocenters. The van der Waals surface area contributed by atoms with Crippen molar-refractivity contribution in [1.82, 2.24) is 5.06 Å². The fraction of sp³-hybridized carbons (Fsp3) is 0.333. The second-order valence-electron chi connectivity index (χ2n) is 6.82. The van der Waals surface area contributed by atoms with Crippen LogP contribution in [-0.4, -0.2) is 48.4 Å². The molecule has 28 heavy (non-hydrogen) atoms. The summed E-state index contributed by atoms with van der Waals surface area (Å²) in [5.74, 6) is -0.450. The van der Waals surface area contributed by atoms with Gasteiger partial charge in [0, 0.05) is 27.1 Å². The summed E-state index contributed by atoms with van der Waals surface area (Å²) in [4.78, 5) is 26.6. The molecule has 0 radical (unpaired) electrons. The first kappa shape index (κ1) is 19.9. The molecule has 0 aromatic heterocycles. The van der Waals surface area contributed by atoms with Crippen molar-refractivity contribution >= 4 is 17.6 Å². The molecular formula is C21H24N2O5. The maximum atomic E-state index is 13.4. The summed E-state index contributed by atoms with van der Waals surface area (Å²) in [5, 5.41) is 10.5. The van der Waals surface area contributed by atoms with E-state index in [-0.39, 0.29) is 13.1 Å². The Morgan fingerprint density at radius 2 is 1.89 bits per heavy atom. The van der Waals surface area contributed by atoms with E-state index in [9.17, 15) is 14.8 Å². The number of hydrogen-bond donors (Lipinski definition) is 1. The summed E-state index contributed by atoms with van der Waals surface area (Å²) < 4.78 is 11.6. The first-order valence-corrected chi connectivity index (χ1v) is 9.07. The van der Waals surface area contributed by atoms with Crippen molar-refractivity contribution < 1.29 is 24.3 Å². The number of fused-ring (bicyclic) bond motifs is 1. The lowest BCUT2D eigenvalue weighted by atomic mass is 10.0. The molecule has 0 spiro atoms. The average Bonchev–Trinajstić information content (AvgIpc) is 2.76.